The number of hydrogen-bond acceptors (Lipinski definition) is 7. The molecule has 23 heavy (non-hydrogen) atoms. The third-order valence-corrected chi connectivity index (χ3v) is 4.45. The summed E-state index contributed by atoms with van der Waals surface area (Å²) in [6.45, 7) is 6.94. The van der Waals surface area contributed by atoms with Gasteiger partial charge in [-0.25, -0.2) is 9.78 Å². The van der Waals surface area contributed by atoms with E-state index in [0.717, 1.165) is 11.3 Å². The number of carboxylic acid groups (broad SMARTS) is 1. The summed E-state index contributed by atoms with van der Waals surface area (Å²) >= 11 is 1.08. The molecule has 2 rings (SSSR count). The first-order valence-corrected chi connectivity index (χ1v) is 8.11. The number of aliphatic hydroxyl groups excluding tert-OH is 1. The minimum absolute atomic E-state index is 0.110. The van der Waals surface area contributed by atoms with Crippen LogP contribution < -0.4 is 10.6 Å². The highest BCUT2D eigenvalue weighted by atomic mass is 32.1. The van der Waals surface area contributed by atoms with Gasteiger partial charge < -0.3 is 20.3 Å². The first kappa shape index (κ1) is 17.8. The Labute approximate surface area is 137 Å². The van der Waals surface area contributed by atoms with Gasteiger partial charge in [0.1, 0.15) is 22.8 Å². The maximum atomic E-state index is 12.5. The van der Waals surface area contributed by atoms with Crippen molar-refractivity contribution in [3.05, 3.63) is 16.1 Å². The van der Waals surface area contributed by atoms with Crippen LogP contribution in [0.15, 0.2) is 5.38 Å². The molecule has 4 N–H and O–H groups in total. The summed E-state index contributed by atoms with van der Waals surface area (Å²) in [4.78, 5) is 27.3. The number of ether oxygens (including phenoxy) is 1. The molecule has 0 bridgehead atoms. The minimum Gasteiger partial charge on any atom is -0.476 e. The second kappa shape index (κ2) is 6.52. The molecule has 1 saturated heterocycles. The van der Waals surface area contributed by atoms with E-state index in [9.17, 15) is 14.7 Å². The van der Waals surface area contributed by atoms with Crippen molar-refractivity contribution in [1.29, 1.82) is 0 Å². The number of amides is 1. The SMILES string of the molecule is C[C@@H](O)[C@H](NC(=O)[C@H]1NC(C)(C)O[C@@H]1C)c1nc(C(=O)O)cs1. The quantitative estimate of drug-likeness (QED) is 0.614. The highest BCUT2D eigenvalue weighted by Crippen LogP contribution is 2.24. The van der Waals surface area contributed by atoms with Gasteiger partial charge in [-0.05, 0) is 27.7 Å². The van der Waals surface area contributed by atoms with Gasteiger partial charge in [-0.3, -0.25) is 10.1 Å². The monoisotopic (exact) mass is 343 g/mol. The highest BCUT2D eigenvalue weighted by Gasteiger charge is 2.42. The number of nitrogens with one attached hydrogen (secondary N) is 2. The van der Waals surface area contributed by atoms with E-state index in [4.69, 9.17) is 9.84 Å². The molecule has 2 heterocycles. The molecule has 1 aliphatic heterocycles. The summed E-state index contributed by atoms with van der Waals surface area (Å²) in [5.74, 6) is -1.48. The average molecular weight is 343 g/mol. The van der Waals surface area contributed by atoms with Crippen LogP contribution in [0.1, 0.15) is 49.2 Å². The van der Waals surface area contributed by atoms with Gasteiger partial charge in [-0.2, -0.15) is 0 Å². The average Bonchev–Trinajstić information content (AvgIpc) is 2.99. The van der Waals surface area contributed by atoms with E-state index in [1.165, 1.54) is 12.3 Å². The standard InChI is InChI=1S/C14H21N3O5S/c1-6(18)9(12-15-8(5-23-12)13(20)21)16-11(19)10-7(2)22-14(3,4)17-10/h5-7,9-10,17-18H,1-4H3,(H,16,19)(H,20,21)/t6-,7-,9+,10+/m1/s1. The maximum Gasteiger partial charge on any atom is 0.355 e. The molecule has 0 aromatic carbocycles. The summed E-state index contributed by atoms with van der Waals surface area (Å²) in [6.07, 6.45) is -1.25. The normalized spacial score (nSPS) is 25.8. The van der Waals surface area contributed by atoms with E-state index in [0.29, 0.717) is 5.01 Å². The number of aromatic carboxylic acids is 1. The second-order valence-electron chi connectivity index (χ2n) is 6.06. The predicted octanol–water partition coefficient (Wildman–Crippen LogP) is 0.492. The molecule has 0 radical (unpaired) electrons. The Hall–Kier alpha value is -1.55. The van der Waals surface area contributed by atoms with Crippen molar-refractivity contribution in [3.63, 3.8) is 0 Å². The van der Waals surface area contributed by atoms with E-state index in [1.54, 1.807) is 6.92 Å². The number of thiazole rings is 1. The van der Waals surface area contributed by atoms with Gasteiger partial charge in [0, 0.05) is 5.38 Å². The van der Waals surface area contributed by atoms with Gasteiger partial charge in [0.25, 0.3) is 0 Å². The Bertz CT molecular complexity index is 601. The number of aliphatic hydroxyl groups is 1. The lowest BCUT2D eigenvalue weighted by molar-refractivity contribution is -0.125. The molecule has 4 atom stereocenters. The predicted molar refractivity (Wildman–Crippen MR) is 83.2 cm³/mol. The molecule has 0 spiro atoms. The van der Waals surface area contributed by atoms with Crippen molar-refractivity contribution in [2.24, 2.45) is 0 Å². The van der Waals surface area contributed by atoms with Gasteiger partial charge in [0.2, 0.25) is 5.91 Å². The molecule has 0 aliphatic carbocycles. The van der Waals surface area contributed by atoms with E-state index in [2.05, 4.69) is 15.6 Å². The molecule has 1 aliphatic rings. The van der Waals surface area contributed by atoms with Crippen LogP contribution in [-0.2, 0) is 9.53 Å². The molecule has 128 valence electrons. The number of hydrogen-bond donors (Lipinski definition) is 4. The number of rotatable bonds is 5. The van der Waals surface area contributed by atoms with Crippen molar-refractivity contribution in [2.45, 2.75) is 57.7 Å². The van der Waals surface area contributed by atoms with Crippen LogP contribution in [0.3, 0.4) is 0 Å². The number of nitrogens with zero attached hydrogens (tertiary/aromatic N) is 1. The number of carbonyl (C=O) groups is 2. The van der Waals surface area contributed by atoms with Gasteiger partial charge in [0.05, 0.1) is 12.2 Å². The minimum atomic E-state index is -1.15. The molecule has 9 heteroatoms. The second-order valence-corrected chi connectivity index (χ2v) is 6.95. The zero-order valence-corrected chi connectivity index (χ0v) is 14.2. The van der Waals surface area contributed by atoms with Crippen molar-refractivity contribution in [2.75, 3.05) is 0 Å². The summed E-state index contributed by atoms with van der Waals surface area (Å²) in [5, 5.41) is 26.4. The molecule has 1 fully saturated rings. The van der Waals surface area contributed by atoms with Crippen molar-refractivity contribution >= 4 is 23.2 Å². The van der Waals surface area contributed by atoms with Gasteiger partial charge in [-0.15, -0.1) is 11.3 Å². The number of carbonyl (C=O) groups excluding carboxylic acids is 1. The molecule has 8 nitrogen and oxygen atoms in total. The lowest BCUT2D eigenvalue weighted by Crippen LogP contribution is -2.50. The zero-order valence-electron chi connectivity index (χ0n) is 13.4. The molecule has 1 amide bonds. The Balaban J connectivity index is 2.13. The van der Waals surface area contributed by atoms with Gasteiger partial charge in [-0.1, -0.05) is 0 Å². The van der Waals surface area contributed by atoms with Crippen LogP contribution in [0.25, 0.3) is 0 Å². The lowest BCUT2D eigenvalue weighted by Gasteiger charge is -2.23. The fraction of sp³-hybridized carbons (Fsp3) is 0.643. The Morgan fingerprint density at radius 2 is 2.17 bits per heavy atom. The zero-order chi connectivity index (χ0) is 17.4. The van der Waals surface area contributed by atoms with Crippen LogP contribution >= 0.6 is 11.3 Å². The molecule has 0 unspecified atom stereocenters. The van der Waals surface area contributed by atoms with Gasteiger partial charge >= 0.3 is 5.97 Å². The van der Waals surface area contributed by atoms with Crippen LogP contribution in [0, 0.1) is 0 Å². The van der Waals surface area contributed by atoms with Gasteiger partial charge in [0.15, 0.2) is 5.69 Å². The number of aromatic nitrogens is 1. The van der Waals surface area contributed by atoms with Crippen LogP contribution in [0.4, 0.5) is 0 Å². The summed E-state index contributed by atoms with van der Waals surface area (Å²) < 4.78 is 5.64. The summed E-state index contributed by atoms with van der Waals surface area (Å²) in [7, 11) is 0. The van der Waals surface area contributed by atoms with Crippen molar-refractivity contribution in [3.8, 4) is 0 Å². The van der Waals surface area contributed by atoms with E-state index >= 15 is 0 Å². The van der Waals surface area contributed by atoms with Crippen LogP contribution in [0.5, 0.6) is 0 Å². The van der Waals surface area contributed by atoms with Crippen molar-refractivity contribution < 1.29 is 24.5 Å². The third-order valence-electron chi connectivity index (χ3n) is 3.52. The van der Waals surface area contributed by atoms with E-state index in [1.807, 2.05) is 13.8 Å². The fourth-order valence-corrected chi connectivity index (χ4v) is 3.44. The Kier molecular flexibility index (Phi) is 5.04. The summed E-state index contributed by atoms with van der Waals surface area (Å²) in [5.41, 5.74) is -0.721. The smallest absolute Gasteiger partial charge is 0.355 e. The van der Waals surface area contributed by atoms with Crippen LogP contribution in [0.2, 0.25) is 0 Å². The fourth-order valence-electron chi connectivity index (χ4n) is 2.50. The Morgan fingerprint density at radius 1 is 1.52 bits per heavy atom. The van der Waals surface area contributed by atoms with E-state index in [-0.39, 0.29) is 17.7 Å². The lowest BCUT2D eigenvalue weighted by atomic mass is 10.1. The molecule has 1 aromatic rings. The third kappa shape index (κ3) is 4.05. The van der Waals surface area contributed by atoms with Crippen LogP contribution in [-0.4, -0.2) is 51.0 Å². The topological polar surface area (TPSA) is 121 Å². The first-order chi connectivity index (χ1) is 10.6. The van der Waals surface area contributed by atoms with E-state index < -0.39 is 29.9 Å². The largest absolute Gasteiger partial charge is 0.476 e. The Morgan fingerprint density at radius 3 is 2.61 bits per heavy atom. The number of carboxylic acids is 1. The molecular formula is C14H21N3O5S. The molecule has 0 saturated carbocycles. The first-order valence-electron chi connectivity index (χ1n) is 7.23. The molecule has 1 aromatic heterocycles. The van der Waals surface area contributed by atoms with Crippen molar-refractivity contribution in [1.82, 2.24) is 15.6 Å². The maximum absolute atomic E-state index is 12.5. The summed E-state index contributed by atoms with van der Waals surface area (Å²) in [6, 6.07) is -1.34. The highest BCUT2D eigenvalue weighted by molar-refractivity contribution is 7.09. The molecular weight excluding hydrogens is 322 g/mol.